The summed E-state index contributed by atoms with van der Waals surface area (Å²) < 4.78 is 0. The first-order valence-corrected chi connectivity index (χ1v) is 3.80. The Hall–Kier alpha value is -0.810. The smallest absolute Gasteiger partial charge is 0.0815 e. The van der Waals surface area contributed by atoms with Gasteiger partial charge in [0.25, 0.3) is 0 Å². The van der Waals surface area contributed by atoms with Crippen molar-refractivity contribution in [3.8, 4) is 0 Å². The lowest BCUT2D eigenvalue weighted by atomic mass is 10.1. The van der Waals surface area contributed by atoms with Crippen molar-refractivity contribution in [1.82, 2.24) is 5.32 Å². The minimum Gasteiger partial charge on any atom is -0.395 e. The minimum atomic E-state index is -0.791. The molecule has 0 aromatic carbocycles. The van der Waals surface area contributed by atoms with E-state index in [-0.39, 0.29) is 18.7 Å². The lowest BCUT2D eigenvalue weighted by molar-refractivity contribution is 0.110. The third-order valence-electron chi connectivity index (χ3n) is 2.13. The van der Waals surface area contributed by atoms with Crippen LogP contribution in [-0.2, 0) is 0 Å². The second-order valence-electron chi connectivity index (χ2n) is 2.93. The highest BCUT2D eigenvalue weighted by atomic mass is 16.3. The van der Waals surface area contributed by atoms with E-state index in [2.05, 4.69) is 15.3 Å². The summed E-state index contributed by atoms with van der Waals surface area (Å²) in [5.74, 6) is 0. The summed E-state index contributed by atoms with van der Waals surface area (Å²) in [5.41, 5.74) is 8.18. The van der Waals surface area contributed by atoms with Crippen LogP contribution in [0.4, 0.5) is 0 Å². The Morgan fingerprint density at radius 1 is 1.67 bits per heavy atom. The second-order valence-corrected chi connectivity index (χ2v) is 2.93. The van der Waals surface area contributed by atoms with Crippen LogP contribution < -0.4 is 5.32 Å². The Bertz CT molecular complexity index is 204. The highest BCUT2D eigenvalue weighted by Gasteiger charge is 2.38. The molecule has 3 N–H and O–H groups in total. The first-order chi connectivity index (χ1) is 5.70. The Labute approximate surface area is 69.8 Å². The molecular weight excluding hydrogens is 160 g/mol. The molecule has 6 heteroatoms. The van der Waals surface area contributed by atoms with Gasteiger partial charge in [0.15, 0.2) is 0 Å². The third kappa shape index (κ3) is 1.51. The molecule has 6 nitrogen and oxygen atoms in total. The third-order valence-corrected chi connectivity index (χ3v) is 2.13. The molecule has 0 aliphatic carbocycles. The van der Waals surface area contributed by atoms with Gasteiger partial charge in [0.05, 0.1) is 24.8 Å². The Kier molecular flexibility index (Phi) is 2.88. The van der Waals surface area contributed by atoms with Crippen LogP contribution in [0.2, 0.25) is 0 Å². The van der Waals surface area contributed by atoms with E-state index in [0.717, 1.165) is 0 Å². The topological polar surface area (TPSA) is 101 Å². The van der Waals surface area contributed by atoms with E-state index < -0.39 is 12.1 Å². The summed E-state index contributed by atoms with van der Waals surface area (Å²) in [4.78, 5) is 2.63. The molecule has 1 saturated heterocycles. The van der Waals surface area contributed by atoms with E-state index in [0.29, 0.717) is 0 Å². The van der Waals surface area contributed by atoms with Gasteiger partial charge in [-0.3, -0.25) is 0 Å². The van der Waals surface area contributed by atoms with Gasteiger partial charge in [0.1, 0.15) is 0 Å². The van der Waals surface area contributed by atoms with Crippen LogP contribution in [0.1, 0.15) is 6.92 Å². The average molecular weight is 172 g/mol. The minimum absolute atomic E-state index is 0.0898. The predicted octanol–water partition coefficient (Wildman–Crippen LogP) is -0.621. The molecule has 1 aliphatic heterocycles. The molecule has 1 rings (SSSR count). The molecular formula is C6H12N4O2. The van der Waals surface area contributed by atoms with Crippen LogP contribution in [0, 0.1) is 0 Å². The summed E-state index contributed by atoms with van der Waals surface area (Å²) in [7, 11) is 0. The van der Waals surface area contributed by atoms with Crippen molar-refractivity contribution in [3.05, 3.63) is 10.4 Å². The van der Waals surface area contributed by atoms with E-state index in [4.69, 9.17) is 10.6 Å². The van der Waals surface area contributed by atoms with Crippen LogP contribution in [0.3, 0.4) is 0 Å². The van der Waals surface area contributed by atoms with Crippen LogP contribution in [-0.4, -0.2) is 41.0 Å². The molecule has 0 radical (unpaired) electrons. The normalized spacial score (nSPS) is 40.9. The highest BCUT2D eigenvalue weighted by Crippen LogP contribution is 2.17. The van der Waals surface area contributed by atoms with Crippen molar-refractivity contribution in [2.24, 2.45) is 5.11 Å². The summed E-state index contributed by atoms with van der Waals surface area (Å²) in [6.45, 7) is 1.65. The maximum atomic E-state index is 9.46. The first kappa shape index (κ1) is 9.28. The van der Waals surface area contributed by atoms with Crippen LogP contribution in [0.25, 0.3) is 10.4 Å². The van der Waals surface area contributed by atoms with Crippen molar-refractivity contribution < 1.29 is 10.2 Å². The largest absolute Gasteiger partial charge is 0.395 e. The van der Waals surface area contributed by atoms with Gasteiger partial charge in [-0.25, -0.2) is 0 Å². The molecule has 0 aromatic heterocycles. The van der Waals surface area contributed by atoms with E-state index >= 15 is 0 Å². The SMILES string of the molecule is C[C@@H]1N[C@H](CO)[C@@H](O)[C@H]1N=[N+]=[N-]. The number of nitrogens with one attached hydrogen (secondary N) is 1. The van der Waals surface area contributed by atoms with Crippen molar-refractivity contribution >= 4 is 0 Å². The molecule has 0 saturated carbocycles. The highest BCUT2D eigenvalue weighted by molar-refractivity contribution is 5.00. The van der Waals surface area contributed by atoms with Gasteiger partial charge < -0.3 is 15.5 Å². The molecule has 1 heterocycles. The average Bonchev–Trinajstić information content (AvgIpc) is 2.32. The molecule has 68 valence electrons. The first-order valence-electron chi connectivity index (χ1n) is 3.80. The van der Waals surface area contributed by atoms with Crippen LogP contribution in [0.15, 0.2) is 5.11 Å². The summed E-state index contributed by atoms with van der Waals surface area (Å²) >= 11 is 0. The lowest BCUT2D eigenvalue weighted by Gasteiger charge is -2.12. The van der Waals surface area contributed by atoms with Gasteiger partial charge in [0.2, 0.25) is 0 Å². The van der Waals surface area contributed by atoms with Gasteiger partial charge in [-0.15, -0.1) is 0 Å². The zero-order valence-electron chi connectivity index (χ0n) is 6.75. The van der Waals surface area contributed by atoms with E-state index in [1.807, 2.05) is 0 Å². The number of aliphatic hydroxyl groups is 2. The number of nitrogens with zero attached hydrogens (tertiary/aromatic N) is 3. The molecule has 4 atom stereocenters. The maximum Gasteiger partial charge on any atom is 0.0815 e. The van der Waals surface area contributed by atoms with Crippen molar-refractivity contribution in [3.63, 3.8) is 0 Å². The second kappa shape index (κ2) is 3.73. The van der Waals surface area contributed by atoms with Gasteiger partial charge in [-0.05, 0) is 12.5 Å². The van der Waals surface area contributed by atoms with Crippen molar-refractivity contribution in [1.29, 1.82) is 0 Å². The van der Waals surface area contributed by atoms with Crippen LogP contribution in [0.5, 0.6) is 0 Å². The van der Waals surface area contributed by atoms with Crippen molar-refractivity contribution in [2.75, 3.05) is 6.61 Å². The number of hydrogen-bond donors (Lipinski definition) is 3. The number of rotatable bonds is 2. The Morgan fingerprint density at radius 2 is 2.33 bits per heavy atom. The molecule has 1 aliphatic rings. The molecule has 0 unspecified atom stereocenters. The predicted molar refractivity (Wildman–Crippen MR) is 42.4 cm³/mol. The zero-order valence-corrected chi connectivity index (χ0v) is 6.75. The van der Waals surface area contributed by atoms with E-state index in [1.54, 1.807) is 6.92 Å². The summed E-state index contributed by atoms with van der Waals surface area (Å²) in [6, 6.07) is -0.948. The summed E-state index contributed by atoms with van der Waals surface area (Å²) in [5, 5.41) is 24.6. The zero-order chi connectivity index (χ0) is 9.14. The molecule has 1 fully saturated rings. The lowest BCUT2D eigenvalue weighted by Crippen LogP contribution is -2.35. The Morgan fingerprint density at radius 3 is 2.75 bits per heavy atom. The molecule has 0 amide bonds. The Balaban J connectivity index is 2.69. The standard InChI is InChI=1S/C6H12N4O2/c1-3-5(9-10-7)6(12)4(2-11)8-3/h3-6,8,11-12H,2H2,1H3/t3-,4+,5-,6+/m0/s1. The monoisotopic (exact) mass is 172 g/mol. The van der Waals surface area contributed by atoms with Crippen molar-refractivity contribution in [2.45, 2.75) is 31.2 Å². The molecule has 0 bridgehead atoms. The quantitative estimate of drug-likeness (QED) is 0.294. The van der Waals surface area contributed by atoms with Gasteiger partial charge in [0, 0.05) is 11.0 Å². The van der Waals surface area contributed by atoms with Gasteiger partial charge in [-0.1, -0.05) is 5.11 Å². The fourth-order valence-corrected chi connectivity index (χ4v) is 1.46. The number of azide groups is 1. The maximum absolute atomic E-state index is 9.46. The van der Waals surface area contributed by atoms with Crippen LogP contribution >= 0.6 is 0 Å². The van der Waals surface area contributed by atoms with Gasteiger partial charge in [-0.2, -0.15) is 0 Å². The fraction of sp³-hybridized carbons (Fsp3) is 1.00. The van der Waals surface area contributed by atoms with E-state index in [1.165, 1.54) is 0 Å². The van der Waals surface area contributed by atoms with Gasteiger partial charge >= 0.3 is 0 Å². The molecule has 0 aromatic rings. The molecule has 12 heavy (non-hydrogen) atoms. The number of hydrogen-bond acceptors (Lipinski definition) is 4. The fourth-order valence-electron chi connectivity index (χ4n) is 1.46. The van der Waals surface area contributed by atoms with E-state index in [9.17, 15) is 5.11 Å². The number of aliphatic hydroxyl groups excluding tert-OH is 2. The summed E-state index contributed by atoms with van der Waals surface area (Å²) in [6.07, 6.45) is -0.791. The molecule has 0 spiro atoms.